The van der Waals surface area contributed by atoms with Crippen LogP contribution in [0.15, 0.2) is 6.07 Å². The topological polar surface area (TPSA) is 36.7 Å². The highest BCUT2D eigenvalue weighted by Crippen LogP contribution is 2.27. The summed E-state index contributed by atoms with van der Waals surface area (Å²) in [6.45, 7) is 0. The lowest BCUT2D eigenvalue weighted by Crippen LogP contribution is -1.99. The van der Waals surface area contributed by atoms with Crippen LogP contribution in [0.1, 0.15) is 17.6 Å². The first-order valence-electron chi connectivity index (χ1n) is 3.10. The van der Waals surface area contributed by atoms with Gasteiger partial charge in [-0.3, -0.25) is 0 Å². The summed E-state index contributed by atoms with van der Waals surface area (Å²) in [5, 5.41) is 8.60. The minimum Gasteiger partial charge on any atom is -0.235 e. The molecule has 0 radical (unpaired) electrons. The Hall–Kier alpha value is -0.0400. The van der Waals surface area contributed by atoms with Crippen molar-refractivity contribution in [1.29, 1.82) is 5.26 Å². The van der Waals surface area contributed by atoms with E-state index in [0.717, 1.165) is 0 Å². The molecule has 1 rings (SSSR count). The van der Waals surface area contributed by atoms with Crippen molar-refractivity contribution >= 4 is 45.2 Å². The Morgan fingerprint density at radius 2 is 2.08 bits per heavy atom. The molecular formula is C7H2F2I2N2. The summed E-state index contributed by atoms with van der Waals surface area (Å²) in [5.41, 5.74) is -0.276. The molecule has 0 fully saturated rings. The fraction of sp³-hybridized carbons (Fsp3) is 0.143. The molecule has 0 bridgehead atoms. The minimum atomic E-state index is -2.65. The van der Waals surface area contributed by atoms with Crippen LogP contribution in [-0.2, 0) is 0 Å². The smallest absolute Gasteiger partial charge is 0.235 e. The maximum atomic E-state index is 12.4. The summed E-state index contributed by atoms with van der Waals surface area (Å²) in [5.74, 6) is 0. The number of nitrogens with zero attached hydrogens (tertiary/aromatic N) is 2. The Morgan fingerprint density at radius 3 is 2.54 bits per heavy atom. The van der Waals surface area contributed by atoms with Gasteiger partial charge in [-0.2, -0.15) is 5.26 Å². The maximum Gasteiger partial charge on any atom is 0.267 e. The molecule has 2 nitrogen and oxygen atoms in total. The van der Waals surface area contributed by atoms with Gasteiger partial charge in [-0.1, -0.05) is 0 Å². The van der Waals surface area contributed by atoms with Gasteiger partial charge in [0.15, 0.2) is 0 Å². The normalized spacial score (nSPS) is 10.2. The van der Waals surface area contributed by atoms with Gasteiger partial charge in [0.1, 0.15) is 7.40 Å². The van der Waals surface area contributed by atoms with E-state index in [1.165, 1.54) is 6.07 Å². The molecule has 0 N–H and O–H groups in total. The summed E-state index contributed by atoms with van der Waals surface area (Å²) in [4.78, 5) is 3.85. The number of rotatable bonds is 1. The van der Waals surface area contributed by atoms with Crippen molar-refractivity contribution in [3.63, 3.8) is 0 Å². The number of halogens is 4. The average Bonchev–Trinajstić information content (AvgIpc) is 2.01. The Labute approximate surface area is 101 Å². The molecule has 0 saturated carbocycles. The van der Waals surface area contributed by atoms with Gasteiger partial charge in [0.2, 0.25) is 0 Å². The van der Waals surface area contributed by atoms with Crippen LogP contribution in [0.2, 0.25) is 0 Å². The van der Waals surface area contributed by atoms with Gasteiger partial charge in [-0.25, -0.2) is 13.8 Å². The number of hydrogen-bond acceptors (Lipinski definition) is 2. The van der Waals surface area contributed by atoms with E-state index in [9.17, 15) is 8.78 Å². The van der Waals surface area contributed by atoms with Gasteiger partial charge in [-0.05, 0) is 51.2 Å². The highest BCUT2D eigenvalue weighted by molar-refractivity contribution is 14.1. The second-order valence-electron chi connectivity index (χ2n) is 2.11. The van der Waals surface area contributed by atoms with Crippen molar-refractivity contribution in [3.8, 4) is 6.07 Å². The highest BCUT2D eigenvalue weighted by atomic mass is 127. The molecule has 0 aliphatic rings. The molecule has 13 heavy (non-hydrogen) atoms. The summed E-state index contributed by atoms with van der Waals surface area (Å²) < 4.78 is 25.6. The summed E-state index contributed by atoms with van der Waals surface area (Å²) in [7, 11) is 0. The predicted octanol–water partition coefficient (Wildman–Crippen LogP) is 3.10. The van der Waals surface area contributed by atoms with E-state index in [1.54, 1.807) is 28.7 Å². The van der Waals surface area contributed by atoms with Crippen molar-refractivity contribution < 1.29 is 8.78 Å². The Balaban J connectivity index is 3.41. The quantitative estimate of drug-likeness (QED) is 0.531. The highest BCUT2D eigenvalue weighted by Gasteiger charge is 2.18. The number of pyridine rings is 1. The molecule has 1 aromatic rings. The zero-order valence-electron chi connectivity index (χ0n) is 6.06. The molecule has 0 spiro atoms. The van der Waals surface area contributed by atoms with Gasteiger partial charge in [0.05, 0.1) is 17.2 Å². The molecule has 1 aromatic heterocycles. The Bertz CT molecular complexity index is 373. The Kier molecular flexibility index (Phi) is 3.78. The van der Waals surface area contributed by atoms with Crippen molar-refractivity contribution in [3.05, 3.63) is 24.6 Å². The van der Waals surface area contributed by atoms with Crippen molar-refractivity contribution in [2.45, 2.75) is 6.43 Å². The van der Waals surface area contributed by atoms with Gasteiger partial charge in [0.25, 0.3) is 6.43 Å². The molecule has 0 unspecified atom stereocenters. The second kappa shape index (κ2) is 4.45. The minimum absolute atomic E-state index is 0.00111. The zero-order chi connectivity index (χ0) is 10.0. The van der Waals surface area contributed by atoms with Gasteiger partial charge >= 0.3 is 0 Å². The van der Waals surface area contributed by atoms with E-state index < -0.39 is 6.43 Å². The standard InChI is InChI=1S/C7H2F2I2N2/c8-6(9)5-3(2-12)1-4(10)13-7(5)11/h1,6H. The second-order valence-corrected chi connectivity index (χ2v) is 4.24. The fourth-order valence-electron chi connectivity index (χ4n) is 0.794. The lowest BCUT2D eigenvalue weighted by molar-refractivity contribution is 0.149. The van der Waals surface area contributed by atoms with Gasteiger partial charge in [-0.15, -0.1) is 0 Å². The number of nitriles is 1. The van der Waals surface area contributed by atoms with E-state index in [2.05, 4.69) is 4.98 Å². The molecule has 6 heteroatoms. The molecule has 0 aliphatic carbocycles. The summed E-state index contributed by atoms with van der Waals surface area (Å²) in [6.07, 6.45) is -2.65. The van der Waals surface area contributed by atoms with Gasteiger partial charge in [0, 0.05) is 0 Å². The first-order chi connectivity index (χ1) is 6.06. The van der Waals surface area contributed by atoms with E-state index in [4.69, 9.17) is 5.26 Å². The predicted molar refractivity (Wildman–Crippen MR) is 59.3 cm³/mol. The summed E-state index contributed by atoms with van der Waals surface area (Å²) >= 11 is 3.59. The molecule has 1 heterocycles. The molecule has 68 valence electrons. The van der Waals surface area contributed by atoms with Crippen LogP contribution in [0.3, 0.4) is 0 Å². The van der Waals surface area contributed by atoms with Crippen molar-refractivity contribution in [2.75, 3.05) is 0 Å². The monoisotopic (exact) mass is 406 g/mol. The summed E-state index contributed by atoms with van der Waals surface area (Å²) in [6, 6.07) is 3.08. The lowest BCUT2D eigenvalue weighted by atomic mass is 10.2. The lowest BCUT2D eigenvalue weighted by Gasteiger charge is -2.04. The van der Waals surface area contributed by atoms with Crippen molar-refractivity contribution in [1.82, 2.24) is 4.98 Å². The first kappa shape index (κ1) is 11.0. The molecule has 0 aromatic carbocycles. The van der Waals surface area contributed by atoms with Crippen LogP contribution in [-0.4, -0.2) is 4.98 Å². The molecule has 0 amide bonds. The van der Waals surface area contributed by atoms with E-state index in [-0.39, 0.29) is 14.8 Å². The van der Waals surface area contributed by atoms with Gasteiger partial charge < -0.3 is 0 Å². The Morgan fingerprint density at radius 1 is 1.46 bits per heavy atom. The van der Waals surface area contributed by atoms with Crippen LogP contribution in [0.5, 0.6) is 0 Å². The molecular weight excluding hydrogens is 404 g/mol. The van der Waals surface area contributed by atoms with E-state index in [1.807, 2.05) is 22.6 Å². The van der Waals surface area contributed by atoms with Crippen LogP contribution >= 0.6 is 45.2 Å². The molecule has 0 saturated heterocycles. The third-order valence-electron chi connectivity index (χ3n) is 1.32. The number of alkyl halides is 2. The van der Waals surface area contributed by atoms with E-state index >= 15 is 0 Å². The van der Waals surface area contributed by atoms with Crippen LogP contribution in [0.25, 0.3) is 0 Å². The van der Waals surface area contributed by atoms with Crippen LogP contribution in [0.4, 0.5) is 8.78 Å². The number of aromatic nitrogens is 1. The third kappa shape index (κ3) is 2.46. The first-order valence-corrected chi connectivity index (χ1v) is 5.26. The SMILES string of the molecule is N#Cc1cc(I)nc(I)c1C(F)F. The van der Waals surface area contributed by atoms with Crippen molar-refractivity contribution in [2.24, 2.45) is 0 Å². The van der Waals surface area contributed by atoms with Crippen LogP contribution in [0, 0.1) is 18.7 Å². The zero-order valence-corrected chi connectivity index (χ0v) is 10.4. The van der Waals surface area contributed by atoms with Crippen LogP contribution < -0.4 is 0 Å². The van der Waals surface area contributed by atoms with E-state index in [0.29, 0.717) is 3.70 Å². The fourth-order valence-corrected chi connectivity index (χ4v) is 2.59. The molecule has 0 atom stereocenters. The number of hydrogen-bond donors (Lipinski definition) is 0. The maximum absolute atomic E-state index is 12.4. The third-order valence-corrected chi connectivity index (χ3v) is 2.69. The molecule has 0 aliphatic heterocycles. The average molecular weight is 406 g/mol. The largest absolute Gasteiger partial charge is 0.267 e.